The minimum Gasteiger partial charge on any atom is -0.375 e. The van der Waals surface area contributed by atoms with Gasteiger partial charge in [-0.05, 0) is 48.8 Å². The molecule has 90 valence electrons. The Bertz CT molecular complexity index is 423. The summed E-state index contributed by atoms with van der Waals surface area (Å²) in [4.78, 5) is 3.70. The Morgan fingerprint density at radius 1 is 1.47 bits per heavy atom. The maximum atomic E-state index is 8.54. The lowest BCUT2D eigenvalue weighted by atomic mass is 10.1. The van der Waals surface area contributed by atoms with Crippen LogP contribution in [-0.2, 0) is 6.42 Å². The highest BCUT2D eigenvalue weighted by Crippen LogP contribution is 2.32. The van der Waals surface area contributed by atoms with Gasteiger partial charge in [0.15, 0.2) is 0 Å². The molecule has 2 nitrogen and oxygen atoms in total. The molecular weight excluding hydrogens is 228 g/mol. The van der Waals surface area contributed by atoms with E-state index in [2.05, 4.69) is 36.2 Å². The van der Waals surface area contributed by atoms with Gasteiger partial charge in [-0.15, -0.1) is 11.8 Å². The van der Waals surface area contributed by atoms with E-state index in [0.717, 1.165) is 13.0 Å². The molecule has 17 heavy (non-hydrogen) atoms. The van der Waals surface area contributed by atoms with Gasteiger partial charge in [-0.25, -0.2) is 0 Å². The highest BCUT2D eigenvalue weighted by Gasteiger charge is 2.11. The van der Waals surface area contributed by atoms with Crippen LogP contribution >= 0.6 is 11.8 Å². The molecule has 3 heteroatoms. The topological polar surface area (TPSA) is 27.0 Å². The first-order valence-electron chi connectivity index (χ1n) is 6.15. The molecule has 0 fully saturated rings. The summed E-state index contributed by atoms with van der Waals surface area (Å²) in [5.41, 5.74) is 2.77. The van der Waals surface area contributed by atoms with Crippen LogP contribution in [-0.4, -0.2) is 19.3 Å². The summed E-state index contributed by atoms with van der Waals surface area (Å²) in [5.74, 6) is 1.25. The number of hydrogen-bond acceptors (Lipinski definition) is 3. The molecule has 0 radical (unpaired) electrons. The SMILES string of the molecule is CN(CCCC#N)c1ccc2c(c1)CCCS2. The minimum absolute atomic E-state index is 0.644. The standard InChI is InChI=1S/C14H18N2S/c1-16(9-3-2-8-15)13-6-7-14-12(11-13)5-4-10-17-14/h6-7,11H,2-5,9-10H2,1H3. The fraction of sp³-hybridized carbons (Fsp3) is 0.500. The van der Waals surface area contributed by atoms with Gasteiger partial charge in [-0.1, -0.05) is 0 Å². The van der Waals surface area contributed by atoms with Crippen LogP contribution in [0.2, 0.25) is 0 Å². The van der Waals surface area contributed by atoms with Crippen molar-refractivity contribution in [3.63, 3.8) is 0 Å². The number of unbranched alkanes of at least 4 members (excludes halogenated alkanes) is 1. The third-order valence-electron chi connectivity index (χ3n) is 3.11. The van der Waals surface area contributed by atoms with Gasteiger partial charge in [0.25, 0.3) is 0 Å². The number of thioether (sulfide) groups is 1. The number of rotatable bonds is 4. The first-order valence-corrected chi connectivity index (χ1v) is 7.13. The summed E-state index contributed by atoms with van der Waals surface area (Å²) in [6.07, 6.45) is 4.09. The zero-order valence-electron chi connectivity index (χ0n) is 10.3. The zero-order valence-corrected chi connectivity index (χ0v) is 11.1. The Morgan fingerprint density at radius 3 is 3.18 bits per heavy atom. The summed E-state index contributed by atoms with van der Waals surface area (Å²) < 4.78 is 0. The normalized spacial score (nSPS) is 13.9. The van der Waals surface area contributed by atoms with Crippen LogP contribution in [0.15, 0.2) is 23.1 Å². The number of fused-ring (bicyclic) bond motifs is 1. The van der Waals surface area contributed by atoms with Crippen LogP contribution in [0.1, 0.15) is 24.8 Å². The van der Waals surface area contributed by atoms with Gasteiger partial charge in [-0.2, -0.15) is 5.26 Å². The lowest BCUT2D eigenvalue weighted by Gasteiger charge is -2.22. The molecule has 1 aromatic carbocycles. The van der Waals surface area contributed by atoms with E-state index in [1.54, 1.807) is 0 Å². The number of nitriles is 1. The average Bonchev–Trinajstić information content (AvgIpc) is 2.38. The number of nitrogens with zero attached hydrogens (tertiary/aromatic N) is 2. The Labute approximate surface area is 108 Å². The largest absolute Gasteiger partial charge is 0.375 e. The summed E-state index contributed by atoms with van der Waals surface area (Å²) in [5, 5.41) is 8.54. The molecule has 0 N–H and O–H groups in total. The molecule has 0 saturated carbocycles. The summed E-state index contributed by atoms with van der Waals surface area (Å²) in [7, 11) is 2.11. The van der Waals surface area contributed by atoms with E-state index in [1.807, 2.05) is 11.8 Å². The second-order valence-corrected chi connectivity index (χ2v) is 5.56. The smallest absolute Gasteiger partial charge is 0.0622 e. The zero-order chi connectivity index (χ0) is 12.1. The predicted molar refractivity (Wildman–Crippen MR) is 73.6 cm³/mol. The molecule has 0 spiro atoms. The number of aryl methyl sites for hydroxylation is 1. The second kappa shape index (κ2) is 5.97. The first kappa shape index (κ1) is 12.3. The molecule has 2 rings (SSSR count). The Balaban J connectivity index is 2.03. The molecule has 0 atom stereocenters. The van der Waals surface area contributed by atoms with Crippen molar-refractivity contribution in [2.24, 2.45) is 0 Å². The van der Waals surface area contributed by atoms with Crippen molar-refractivity contribution in [1.82, 2.24) is 0 Å². The Hall–Kier alpha value is -1.14. The van der Waals surface area contributed by atoms with E-state index in [1.165, 1.54) is 34.7 Å². The number of benzene rings is 1. The van der Waals surface area contributed by atoms with Crippen molar-refractivity contribution in [1.29, 1.82) is 5.26 Å². The summed E-state index contributed by atoms with van der Waals surface area (Å²) in [6, 6.07) is 8.95. The van der Waals surface area contributed by atoms with Crippen LogP contribution in [0.3, 0.4) is 0 Å². The first-order chi connectivity index (χ1) is 8.31. The lowest BCUT2D eigenvalue weighted by molar-refractivity contribution is 0.803. The van der Waals surface area contributed by atoms with E-state index in [9.17, 15) is 0 Å². The van der Waals surface area contributed by atoms with Gasteiger partial charge >= 0.3 is 0 Å². The van der Waals surface area contributed by atoms with Crippen molar-refractivity contribution >= 4 is 17.4 Å². The summed E-state index contributed by atoms with van der Waals surface area (Å²) >= 11 is 1.97. The third kappa shape index (κ3) is 3.17. The van der Waals surface area contributed by atoms with E-state index in [0.29, 0.717) is 6.42 Å². The molecule has 0 saturated heterocycles. The van der Waals surface area contributed by atoms with Gasteiger partial charge in [0, 0.05) is 30.6 Å². The minimum atomic E-state index is 0.644. The number of hydrogen-bond donors (Lipinski definition) is 0. The molecule has 0 amide bonds. The summed E-state index contributed by atoms with van der Waals surface area (Å²) in [6.45, 7) is 0.958. The Morgan fingerprint density at radius 2 is 2.35 bits per heavy atom. The van der Waals surface area contributed by atoms with E-state index >= 15 is 0 Å². The van der Waals surface area contributed by atoms with E-state index in [-0.39, 0.29) is 0 Å². The molecular formula is C14H18N2S. The second-order valence-electron chi connectivity index (χ2n) is 4.43. The lowest BCUT2D eigenvalue weighted by Crippen LogP contribution is -2.18. The molecule has 0 bridgehead atoms. The molecule has 0 unspecified atom stereocenters. The van der Waals surface area contributed by atoms with Gasteiger partial charge in [0.1, 0.15) is 0 Å². The van der Waals surface area contributed by atoms with E-state index in [4.69, 9.17) is 5.26 Å². The fourth-order valence-corrected chi connectivity index (χ4v) is 3.13. The molecule has 1 aliphatic rings. The molecule has 1 aromatic rings. The van der Waals surface area contributed by atoms with Crippen molar-refractivity contribution in [3.05, 3.63) is 23.8 Å². The molecule has 1 heterocycles. The van der Waals surface area contributed by atoms with Crippen molar-refractivity contribution in [2.45, 2.75) is 30.6 Å². The van der Waals surface area contributed by atoms with Crippen LogP contribution < -0.4 is 4.90 Å². The monoisotopic (exact) mass is 246 g/mol. The van der Waals surface area contributed by atoms with Gasteiger partial charge in [0.2, 0.25) is 0 Å². The highest BCUT2D eigenvalue weighted by atomic mass is 32.2. The van der Waals surface area contributed by atoms with Crippen molar-refractivity contribution in [3.8, 4) is 6.07 Å². The fourth-order valence-electron chi connectivity index (χ4n) is 2.11. The van der Waals surface area contributed by atoms with Crippen LogP contribution in [0.5, 0.6) is 0 Å². The molecule has 1 aliphatic heterocycles. The maximum absolute atomic E-state index is 8.54. The van der Waals surface area contributed by atoms with Gasteiger partial charge in [-0.3, -0.25) is 0 Å². The molecule has 0 aliphatic carbocycles. The van der Waals surface area contributed by atoms with E-state index < -0.39 is 0 Å². The average molecular weight is 246 g/mol. The van der Waals surface area contributed by atoms with Crippen LogP contribution in [0.4, 0.5) is 5.69 Å². The van der Waals surface area contributed by atoms with Crippen LogP contribution in [0.25, 0.3) is 0 Å². The van der Waals surface area contributed by atoms with Crippen LogP contribution in [0, 0.1) is 11.3 Å². The van der Waals surface area contributed by atoms with Gasteiger partial charge in [0.05, 0.1) is 6.07 Å². The molecule has 0 aromatic heterocycles. The van der Waals surface area contributed by atoms with Gasteiger partial charge < -0.3 is 4.90 Å². The van der Waals surface area contributed by atoms with Crippen molar-refractivity contribution in [2.75, 3.05) is 24.2 Å². The maximum Gasteiger partial charge on any atom is 0.0622 e. The Kier molecular flexibility index (Phi) is 4.33. The number of anilines is 1. The van der Waals surface area contributed by atoms with Crippen molar-refractivity contribution < 1.29 is 0 Å². The highest BCUT2D eigenvalue weighted by molar-refractivity contribution is 7.99. The quantitative estimate of drug-likeness (QED) is 0.761. The third-order valence-corrected chi connectivity index (χ3v) is 4.32. The predicted octanol–water partition coefficient (Wildman–Crippen LogP) is 3.46.